The molecule has 6 aromatic carbocycles. The van der Waals surface area contributed by atoms with E-state index in [1.807, 2.05) is 42.5 Å². The summed E-state index contributed by atoms with van der Waals surface area (Å²) in [4.78, 5) is 4.60. The fourth-order valence-corrected chi connectivity index (χ4v) is 5.03. The lowest BCUT2D eigenvalue weighted by atomic mass is 9.99. The normalized spacial score (nSPS) is 10.7. The number of para-hydroxylation sites is 3. The highest BCUT2D eigenvalue weighted by Gasteiger charge is 2.25. The van der Waals surface area contributed by atoms with E-state index in [2.05, 4.69) is 125 Å². The molecule has 0 unspecified atom stereocenters. The molecule has 40 heavy (non-hydrogen) atoms. The minimum atomic E-state index is 0.723. The molecule has 0 spiro atoms. The molecule has 4 heteroatoms. The second kappa shape index (κ2) is 11.1. The van der Waals surface area contributed by atoms with Crippen molar-refractivity contribution in [1.29, 1.82) is 0 Å². The third kappa shape index (κ3) is 4.98. The fourth-order valence-electron chi connectivity index (χ4n) is 5.03. The predicted octanol–water partition coefficient (Wildman–Crippen LogP) is 9.46. The third-order valence-corrected chi connectivity index (χ3v) is 6.90. The summed E-state index contributed by atoms with van der Waals surface area (Å²) in [6.07, 6.45) is 0. The molecule has 0 saturated heterocycles. The van der Waals surface area contributed by atoms with Crippen molar-refractivity contribution in [3.63, 3.8) is 0 Å². The van der Waals surface area contributed by atoms with Gasteiger partial charge in [-0.05, 0) is 84.4 Å². The number of benzene rings is 6. The zero-order valence-corrected chi connectivity index (χ0v) is 22.1. The molecule has 4 nitrogen and oxygen atoms in total. The number of hydrogen-bond donors (Lipinski definition) is 2. The molecule has 0 fully saturated rings. The van der Waals surface area contributed by atoms with Gasteiger partial charge >= 0.3 is 0 Å². The maximum absolute atomic E-state index is 6.13. The summed E-state index contributed by atoms with van der Waals surface area (Å²) >= 11 is 0. The van der Waals surface area contributed by atoms with Gasteiger partial charge in [0, 0.05) is 39.7 Å². The molecule has 4 N–H and O–H groups in total. The predicted molar refractivity (Wildman–Crippen MR) is 170 cm³/mol. The Hall–Kier alpha value is -5.48. The van der Waals surface area contributed by atoms with Crippen molar-refractivity contribution >= 4 is 45.5 Å². The summed E-state index contributed by atoms with van der Waals surface area (Å²) < 4.78 is 0. The molecule has 0 bridgehead atoms. The molecular weight excluding hydrogens is 488 g/mol. The summed E-state index contributed by atoms with van der Waals surface area (Å²) in [5.74, 6) is 0. The largest absolute Gasteiger partial charge is 0.399 e. The molecule has 0 aromatic heterocycles. The average molecular weight is 519 g/mol. The lowest BCUT2D eigenvalue weighted by molar-refractivity contribution is 1.23. The first kappa shape index (κ1) is 24.8. The highest BCUT2D eigenvalue weighted by molar-refractivity contribution is 5.99. The summed E-state index contributed by atoms with van der Waals surface area (Å²) in [6.45, 7) is 0. The van der Waals surface area contributed by atoms with Gasteiger partial charge in [-0.2, -0.15) is 0 Å². The third-order valence-electron chi connectivity index (χ3n) is 6.90. The summed E-state index contributed by atoms with van der Waals surface area (Å²) in [5.41, 5.74) is 22.1. The molecule has 0 aliphatic rings. The maximum Gasteiger partial charge on any atom is 0.0781 e. The van der Waals surface area contributed by atoms with Crippen LogP contribution in [0.4, 0.5) is 45.5 Å². The lowest BCUT2D eigenvalue weighted by Gasteiger charge is -2.35. The van der Waals surface area contributed by atoms with Crippen molar-refractivity contribution in [3.8, 4) is 11.1 Å². The van der Waals surface area contributed by atoms with Gasteiger partial charge in [-0.15, -0.1) is 0 Å². The van der Waals surface area contributed by atoms with Crippen molar-refractivity contribution in [1.82, 2.24) is 0 Å². The van der Waals surface area contributed by atoms with Crippen molar-refractivity contribution in [2.75, 3.05) is 21.3 Å². The van der Waals surface area contributed by atoms with Crippen LogP contribution in [0.2, 0.25) is 0 Å². The highest BCUT2D eigenvalue weighted by Crippen LogP contribution is 2.50. The van der Waals surface area contributed by atoms with Crippen molar-refractivity contribution in [3.05, 3.63) is 158 Å². The van der Waals surface area contributed by atoms with Crippen LogP contribution < -0.4 is 21.3 Å². The molecule has 0 amide bonds. The first-order chi connectivity index (χ1) is 19.7. The van der Waals surface area contributed by atoms with Crippen LogP contribution in [-0.4, -0.2) is 0 Å². The maximum atomic E-state index is 6.13. The second-order valence-electron chi connectivity index (χ2n) is 9.56. The SMILES string of the molecule is Nc1ccc(N(c2ccccc2)c2cccc(-c3ccccc3)c2N(c2ccccc2)c2ccc(N)cc2)cc1. The average Bonchev–Trinajstić information content (AvgIpc) is 3.01. The van der Waals surface area contributed by atoms with Crippen LogP contribution in [0, 0.1) is 0 Å². The number of nitrogens with two attached hydrogens (primary N) is 2. The van der Waals surface area contributed by atoms with Gasteiger partial charge in [-0.25, -0.2) is 0 Å². The van der Waals surface area contributed by atoms with Gasteiger partial charge in [0.2, 0.25) is 0 Å². The topological polar surface area (TPSA) is 58.5 Å². The van der Waals surface area contributed by atoms with Crippen LogP contribution in [0.5, 0.6) is 0 Å². The standard InChI is InChI=1S/C36H30N4/c37-28-19-23-32(24-20-28)39(30-13-6-2-7-14-30)35-18-10-17-34(27-11-4-1-5-12-27)36(35)40(31-15-8-3-9-16-31)33-25-21-29(38)22-26-33/h1-26H,37-38H2. The molecule has 6 aromatic rings. The molecule has 0 aliphatic carbocycles. The van der Waals surface area contributed by atoms with Crippen molar-refractivity contribution in [2.45, 2.75) is 0 Å². The smallest absolute Gasteiger partial charge is 0.0781 e. The van der Waals surface area contributed by atoms with Gasteiger partial charge in [0.05, 0.1) is 11.4 Å². The molecule has 0 saturated carbocycles. The number of rotatable bonds is 7. The molecule has 0 atom stereocenters. The van der Waals surface area contributed by atoms with Crippen molar-refractivity contribution < 1.29 is 0 Å². The molecule has 0 heterocycles. The second-order valence-corrected chi connectivity index (χ2v) is 9.56. The zero-order chi connectivity index (χ0) is 27.3. The fraction of sp³-hybridized carbons (Fsp3) is 0. The van der Waals surface area contributed by atoms with Gasteiger partial charge in [-0.3, -0.25) is 0 Å². The number of anilines is 8. The number of nitrogens with zero attached hydrogens (tertiary/aromatic N) is 2. The van der Waals surface area contributed by atoms with E-state index in [4.69, 9.17) is 11.5 Å². The van der Waals surface area contributed by atoms with Gasteiger partial charge in [0.1, 0.15) is 0 Å². The van der Waals surface area contributed by atoms with Crippen LogP contribution in [0.25, 0.3) is 11.1 Å². The van der Waals surface area contributed by atoms with Crippen LogP contribution in [0.1, 0.15) is 0 Å². The number of nitrogen functional groups attached to an aromatic ring is 2. The van der Waals surface area contributed by atoms with Crippen LogP contribution in [0.3, 0.4) is 0 Å². The van der Waals surface area contributed by atoms with E-state index in [9.17, 15) is 0 Å². The van der Waals surface area contributed by atoms with Gasteiger partial charge in [-0.1, -0.05) is 78.9 Å². The van der Waals surface area contributed by atoms with E-state index in [0.717, 1.165) is 56.6 Å². The minimum absolute atomic E-state index is 0.723. The Balaban J connectivity index is 1.70. The van der Waals surface area contributed by atoms with E-state index in [-0.39, 0.29) is 0 Å². The first-order valence-electron chi connectivity index (χ1n) is 13.3. The van der Waals surface area contributed by atoms with Gasteiger partial charge < -0.3 is 21.3 Å². The molecule has 0 radical (unpaired) electrons. The van der Waals surface area contributed by atoms with Crippen LogP contribution in [0.15, 0.2) is 158 Å². The Labute approximate surface area is 235 Å². The van der Waals surface area contributed by atoms with Gasteiger partial charge in [0.25, 0.3) is 0 Å². The van der Waals surface area contributed by atoms with E-state index in [1.165, 1.54) is 0 Å². The highest BCUT2D eigenvalue weighted by atomic mass is 15.2. The molecule has 6 rings (SSSR count). The monoisotopic (exact) mass is 518 g/mol. The van der Waals surface area contributed by atoms with E-state index >= 15 is 0 Å². The summed E-state index contributed by atoms with van der Waals surface area (Å²) in [6, 6.07) is 54.0. The Morgan fingerprint density at radius 1 is 0.350 bits per heavy atom. The minimum Gasteiger partial charge on any atom is -0.399 e. The van der Waals surface area contributed by atoms with E-state index in [1.54, 1.807) is 0 Å². The van der Waals surface area contributed by atoms with E-state index in [0.29, 0.717) is 0 Å². The summed E-state index contributed by atoms with van der Waals surface area (Å²) in [5, 5.41) is 0. The Morgan fingerprint density at radius 3 is 1.30 bits per heavy atom. The molecule has 0 aliphatic heterocycles. The van der Waals surface area contributed by atoms with Crippen molar-refractivity contribution in [2.24, 2.45) is 0 Å². The Morgan fingerprint density at radius 2 is 0.775 bits per heavy atom. The number of hydrogen-bond acceptors (Lipinski definition) is 4. The van der Waals surface area contributed by atoms with Crippen LogP contribution >= 0.6 is 0 Å². The quantitative estimate of drug-likeness (QED) is 0.207. The molecule has 194 valence electrons. The lowest BCUT2D eigenvalue weighted by Crippen LogP contribution is -2.18. The summed E-state index contributed by atoms with van der Waals surface area (Å²) in [7, 11) is 0. The Kier molecular flexibility index (Phi) is 6.89. The van der Waals surface area contributed by atoms with E-state index < -0.39 is 0 Å². The van der Waals surface area contributed by atoms with Crippen LogP contribution in [-0.2, 0) is 0 Å². The van der Waals surface area contributed by atoms with Gasteiger partial charge in [0.15, 0.2) is 0 Å². The zero-order valence-electron chi connectivity index (χ0n) is 22.1. The Bertz CT molecular complexity index is 1680. The first-order valence-corrected chi connectivity index (χ1v) is 13.3. The molecular formula is C36H30N4.